The maximum atomic E-state index is 13.9. The average molecular weight is 306 g/mol. The zero-order chi connectivity index (χ0) is 16.1. The van der Waals surface area contributed by atoms with Gasteiger partial charge in [0, 0.05) is 36.1 Å². The number of rotatable bonds is 6. The molecule has 2 aromatic rings. The number of aromatic nitrogens is 1. The zero-order valence-corrected chi connectivity index (χ0v) is 12.8. The molecule has 22 heavy (non-hydrogen) atoms. The Balaban J connectivity index is 2.33. The Bertz CT molecular complexity index is 710. The van der Waals surface area contributed by atoms with Crippen molar-refractivity contribution in [3.05, 3.63) is 63.6 Å². The second-order valence-electron chi connectivity index (χ2n) is 5.30. The van der Waals surface area contributed by atoms with E-state index in [1.165, 1.54) is 18.2 Å². The van der Waals surface area contributed by atoms with Gasteiger partial charge in [-0.25, -0.2) is 8.78 Å². The van der Waals surface area contributed by atoms with Gasteiger partial charge in [0.15, 0.2) is 5.43 Å². The van der Waals surface area contributed by atoms with Crippen LogP contribution in [0.15, 0.2) is 35.3 Å². The van der Waals surface area contributed by atoms with Crippen LogP contribution < -0.4 is 10.7 Å². The highest BCUT2D eigenvalue weighted by Crippen LogP contribution is 2.16. The van der Waals surface area contributed by atoms with Crippen LogP contribution in [0.5, 0.6) is 0 Å². The van der Waals surface area contributed by atoms with Crippen molar-refractivity contribution >= 4 is 0 Å². The molecule has 2 rings (SSSR count). The summed E-state index contributed by atoms with van der Waals surface area (Å²) < 4.78 is 28.6. The normalized spacial score (nSPS) is 10.9. The molecule has 0 saturated heterocycles. The van der Waals surface area contributed by atoms with E-state index in [-0.39, 0.29) is 11.1 Å². The Morgan fingerprint density at radius 3 is 2.68 bits per heavy atom. The molecule has 1 aromatic carbocycles. The number of nitrogens with one attached hydrogen (secondary N) is 1. The predicted molar refractivity (Wildman–Crippen MR) is 83.3 cm³/mol. The van der Waals surface area contributed by atoms with Gasteiger partial charge >= 0.3 is 0 Å². The Kier molecular flexibility index (Phi) is 5.44. The minimum atomic E-state index is -0.656. The number of aryl methyl sites for hydroxylation is 1. The van der Waals surface area contributed by atoms with E-state index >= 15 is 0 Å². The van der Waals surface area contributed by atoms with Crippen LogP contribution in [0.2, 0.25) is 0 Å². The molecule has 0 radical (unpaired) electrons. The summed E-state index contributed by atoms with van der Waals surface area (Å²) in [7, 11) is 0. The largest absolute Gasteiger partial charge is 0.318 e. The van der Waals surface area contributed by atoms with Crippen molar-refractivity contribution in [2.24, 2.45) is 0 Å². The molecule has 0 aliphatic heterocycles. The number of hydrogen-bond donors (Lipinski definition) is 1. The van der Waals surface area contributed by atoms with Crippen LogP contribution in [0.4, 0.5) is 8.78 Å². The predicted octanol–water partition coefficient (Wildman–Crippen LogP) is 3.31. The van der Waals surface area contributed by atoms with Gasteiger partial charge in [0.05, 0.1) is 5.69 Å². The van der Waals surface area contributed by atoms with Gasteiger partial charge in [-0.2, -0.15) is 0 Å². The first kappa shape index (κ1) is 16.4. The highest BCUT2D eigenvalue weighted by atomic mass is 19.1. The summed E-state index contributed by atoms with van der Waals surface area (Å²) in [4.78, 5) is 12.0. The van der Waals surface area contributed by atoms with E-state index in [0.717, 1.165) is 25.5 Å². The molecule has 0 bridgehead atoms. The highest BCUT2D eigenvalue weighted by Gasteiger charge is 2.10. The van der Waals surface area contributed by atoms with E-state index in [4.69, 9.17) is 0 Å². The van der Waals surface area contributed by atoms with E-state index in [9.17, 15) is 13.6 Å². The number of halogens is 2. The molecule has 5 heteroatoms. The first-order valence-corrected chi connectivity index (χ1v) is 7.41. The summed E-state index contributed by atoms with van der Waals surface area (Å²) in [5.74, 6) is -1.28. The third-order valence-electron chi connectivity index (χ3n) is 3.51. The Labute approximate surface area is 128 Å². The molecule has 0 aliphatic carbocycles. The number of benzene rings is 1. The molecule has 0 amide bonds. The third kappa shape index (κ3) is 3.80. The van der Waals surface area contributed by atoms with Crippen LogP contribution in [0.1, 0.15) is 31.0 Å². The standard InChI is InChI=1S/C17H20F2N2O/c1-3-4-7-20-10-13-11-21(12(2)8-17(13)22)16-6-5-14(18)9-15(16)19/h5-6,8-9,11,20H,3-4,7,10H2,1-2H3. The summed E-state index contributed by atoms with van der Waals surface area (Å²) >= 11 is 0. The number of nitrogens with zero attached hydrogens (tertiary/aromatic N) is 1. The maximum absolute atomic E-state index is 13.9. The Hall–Kier alpha value is -2.01. The van der Waals surface area contributed by atoms with Crippen molar-refractivity contribution in [2.45, 2.75) is 33.2 Å². The molecule has 0 fully saturated rings. The zero-order valence-electron chi connectivity index (χ0n) is 12.8. The minimum Gasteiger partial charge on any atom is -0.318 e. The summed E-state index contributed by atoms with van der Waals surface area (Å²) in [6, 6.07) is 4.89. The second kappa shape index (κ2) is 7.31. The monoisotopic (exact) mass is 306 g/mol. The molecule has 1 N–H and O–H groups in total. The van der Waals surface area contributed by atoms with Crippen molar-refractivity contribution < 1.29 is 8.78 Å². The van der Waals surface area contributed by atoms with E-state index in [1.54, 1.807) is 17.7 Å². The van der Waals surface area contributed by atoms with Gasteiger partial charge in [-0.1, -0.05) is 13.3 Å². The number of pyridine rings is 1. The van der Waals surface area contributed by atoms with Crippen LogP contribution >= 0.6 is 0 Å². The molecular formula is C17H20F2N2O. The summed E-state index contributed by atoms with van der Waals surface area (Å²) in [5.41, 5.74) is 1.31. The lowest BCUT2D eigenvalue weighted by molar-refractivity contribution is 0.576. The first-order valence-electron chi connectivity index (χ1n) is 7.41. The highest BCUT2D eigenvalue weighted by molar-refractivity contribution is 5.37. The van der Waals surface area contributed by atoms with Gasteiger partial charge in [0.2, 0.25) is 0 Å². The first-order chi connectivity index (χ1) is 10.5. The third-order valence-corrected chi connectivity index (χ3v) is 3.51. The van der Waals surface area contributed by atoms with E-state index in [0.29, 0.717) is 17.8 Å². The van der Waals surface area contributed by atoms with Crippen molar-refractivity contribution in [3.8, 4) is 5.69 Å². The van der Waals surface area contributed by atoms with Gasteiger partial charge in [0.1, 0.15) is 11.6 Å². The fraction of sp³-hybridized carbons (Fsp3) is 0.353. The summed E-state index contributed by atoms with van der Waals surface area (Å²) in [5, 5.41) is 3.20. The maximum Gasteiger partial charge on any atom is 0.186 e. The summed E-state index contributed by atoms with van der Waals surface area (Å²) in [6.07, 6.45) is 3.73. The van der Waals surface area contributed by atoms with Crippen LogP contribution in [-0.4, -0.2) is 11.1 Å². The van der Waals surface area contributed by atoms with Gasteiger partial charge in [-0.05, 0) is 32.0 Å². The van der Waals surface area contributed by atoms with Crippen LogP contribution in [0.3, 0.4) is 0 Å². The lowest BCUT2D eigenvalue weighted by Crippen LogP contribution is -2.22. The molecule has 1 heterocycles. The molecule has 0 spiro atoms. The molecule has 0 saturated carbocycles. The molecule has 0 atom stereocenters. The van der Waals surface area contributed by atoms with Crippen LogP contribution in [0, 0.1) is 18.6 Å². The van der Waals surface area contributed by atoms with Crippen LogP contribution in [-0.2, 0) is 6.54 Å². The second-order valence-corrected chi connectivity index (χ2v) is 5.30. The van der Waals surface area contributed by atoms with Gasteiger partial charge < -0.3 is 9.88 Å². The topological polar surface area (TPSA) is 34.0 Å². The number of unbranched alkanes of at least 4 members (excludes halogenated alkanes) is 1. The van der Waals surface area contributed by atoms with Crippen molar-refractivity contribution in [1.29, 1.82) is 0 Å². The van der Waals surface area contributed by atoms with Crippen molar-refractivity contribution in [1.82, 2.24) is 9.88 Å². The van der Waals surface area contributed by atoms with E-state index in [1.807, 2.05) is 0 Å². The van der Waals surface area contributed by atoms with Crippen LogP contribution in [0.25, 0.3) is 5.69 Å². The molecule has 3 nitrogen and oxygen atoms in total. The molecule has 0 unspecified atom stereocenters. The van der Waals surface area contributed by atoms with Gasteiger partial charge in [0.25, 0.3) is 0 Å². The van der Waals surface area contributed by atoms with Crippen molar-refractivity contribution in [2.75, 3.05) is 6.54 Å². The summed E-state index contributed by atoms with van der Waals surface area (Å²) in [6.45, 7) is 5.08. The Morgan fingerprint density at radius 1 is 1.23 bits per heavy atom. The smallest absolute Gasteiger partial charge is 0.186 e. The van der Waals surface area contributed by atoms with E-state index in [2.05, 4.69) is 12.2 Å². The molecule has 1 aromatic heterocycles. The van der Waals surface area contributed by atoms with Gasteiger partial charge in [-0.15, -0.1) is 0 Å². The fourth-order valence-corrected chi connectivity index (χ4v) is 2.27. The minimum absolute atomic E-state index is 0.0831. The van der Waals surface area contributed by atoms with Crippen molar-refractivity contribution in [3.63, 3.8) is 0 Å². The fourth-order valence-electron chi connectivity index (χ4n) is 2.27. The number of hydrogen-bond acceptors (Lipinski definition) is 2. The lowest BCUT2D eigenvalue weighted by Gasteiger charge is -2.14. The quantitative estimate of drug-likeness (QED) is 0.831. The molecule has 0 aliphatic rings. The average Bonchev–Trinajstić information content (AvgIpc) is 2.46. The lowest BCUT2D eigenvalue weighted by atomic mass is 10.2. The molecule has 118 valence electrons. The SMILES string of the molecule is CCCCNCc1cn(-c2ccc(F)cc2F)c(C)cc1=O. The van der Waals surface area contributed by atoms with E-state index < -0.39 is 11.6 Å². The Morgan fingerprint density at radius 2 is 2.00 bits per heavy atom. The van der Waals surface area contributed by atoms with Gasteiger partial charge in [-0.3, -0.25) is 4.79 Å². The molecular weight excluding hydrogens is 286 g/mol.